The standard InChI is InChI=1S/C14H18F3N3O/c1-20(7-8-21-2)6-5-19-12-3-4-13(14(15,16)17)11(9-12)10-18/h3-4,9,19H,5-8H2,1-2H3. The molecule has 0 bridgehead atoms. The lowest BCUT2D eigenvalue weighted by molar-refractivity contribution is -0.137. The van der Waals surface area contributed by atoms with Gasteiger partial charge in [-0.15, -0.1) is 0 Å². The molecule has 1 aromatic carbocycles. The van der Waals surface area contributed by atoms with E-state index in [-0.39, 0.29) is 5.56 Å². The zero-order valence-electron chi connectivity index (χ0n) is 12.0. The van der Waals surface area contributed by atoms with Crippen molar-refractivity contribution in [2.24, 2.45) is 0 Å². The van der Waals surface area contributed by atoms with Crippen LogP contribution in [0, 0.1) is 11.3 Å². The van der Waals surface area contributed by atoms with Crippen LogP contribution in [0.4, 0.5) is 18.9 Å². The van der Waals surface area contributed by atoms with Gasteiger partial charge >= 0.3 is 6.18 Å². The first-order valence-corrected chi connectivity index (χ1v) is 6.41. The summed E-state index contributed by atoms with van der Waals surface area (Å²) in [6.07, 6.45) is -4.51. The first-order valence-electron chi connectivity index (χ1n) is 6.41. The van der Waals surface area contributed by atoms with Crippen molar-refractivity contribution < 1.29 is 17.9 Å². The van der Waals surface area contributed by atoms with Crippen LogP contribution >= 0.6 is 0 Å². The molecular weight excluding hydrogens is 283 g/mol. The van der Waals surface area contributed by atoms with Crippen molar-refractivity contribution in [2.45, 2.75) is 6.18 Å². The third-order valence-corrected chi connectivity index (χ3v) is 2.95. The molecule has 0 atom stereocenters. The zero-order valence-corrected chi connectivity index (χ0v) is 12.0. The second-order valence-electron chi connectivity index (χ2n) is 4.59. The molecule has 1 rings (SSSR count). The van der Waals surface area contributed by atoms with Crippen LogP contribution in [0.25, 0.3) is 0 Å². The van der Waals surface area contributed by atoms with Gasteiger partial charge in [-0.05, 0) is 25.2 Å². The van der Waals surface area contributed by atoms with E-state index in [4.69, 9.17) is 10.00 Å². The summed E-state index contributed by atoms with van der Waals surface area (Å²) in [5.74, 6) is 0. The van der Waals surface area contributed by atoms with E-state index >= 15 is 0 Å². The van der Waals surface area contributed by atoms with Crippen LogP contribution in [0.5, 0.6) is 0 Å². The number of halogens is 3. The number of rotatable bonds is 7. The fraction of sp³-hybridized carbons (Fsp3) is 0.500. The Morgan fingerprint density at radius 2 is 2.05 bits per heavy atom. The van der Waals surface area contributed by atoms with E-state index in [0.29, 0.717) is 25.4 Å². The lowest BCUT2D eigenvalue weighted by Crippen LogP contribution is -2.28. The summed E-state index contributed by atoms with van der Waals surface area (Å²) in [6.45, 7) is 2.67. The predicted molar refractivity (Wildman–Crippen MR) is 74.0 cm³/mol. The third-order valence-electron chi connectivity index (χ3n) is 2.95. The molecule has 0 unspecified atom stereocenters. The summed E-state index contributed by atoms with van der Waals surface area (Å²) in [7, 11) is 3.55. The van der Waals surface area contributed by atoms with Gasteiger partial charge < -0.3 is 15.0 Å². The molecule has 0 aliphatic heterocycles. The number of methoxy groups -OCH3 is 1. The Labute approximate surface area is 122 Å². The molecule has 0 aliphatic rings. The Kier molecular flexibility index (Phi) is 6.46. The lowest BCUT2D eigenvalue weighted by atomic mass is 10.1. The SMILES string of the molecule is COCCN(C)CCNc1ccc(C(F)(F)F)c(C#N)c1. The van der Waals surface area contributed by atoms with E-state index in [1.54, 1.807) is 13.2 Å². The van der Waals surface area contributed by atoms with Gasteiger partial charge in [-0.2, -0.15) is 18.4 Å². The second-order valence-corrected chi connectivity index (χ2v) is 4.59. The predicted octanol–water partition coefficient (Wildman–Crippen LogP) is 2.57. The Hall–Kier alpha value is -1.78. The van der Waals surface area contributed by atoms with Gasteiger partial charge in [0.15, 0.2) is 0 Å². The van der Waals surface area contributed by atoms with Crippen molar-refractivity contribution in [3.05, 3.63) is 29.3 Å². The summed E-state index contributed by atoms with van der Waals surface area (Å²) in [4.78, 5) is 2.03. The quantitative estimate of drug-likeness (QED) is 0.841. The molecule has 0 heterocycles. The molecule has 0 aromatic heterocycles. The van der Waals surface area contributed by atoms with Crippen LogP contribution in [0.2, 0.25) is 0 Å². The molecule has 0 aliphatic carbocycles. The van der Waals surface area contributed by atoms with Gasteiger partial charge in [0.05, 0.1) is 23.8 Å². The first-order chi connectivity index (χ1) is 9.88. The Morgan fingerprint density at radius 1 is 1.33 bits per heavy atom. The van der Waals surface area contributed by atoms with Gasteiger partial charge in [0, 0.05) is 32.4 Å². The highest BCUT2D eigenvalue weighted by Crippen LogP contribution is 2.32. The molecule has 0 saturated heterocycles. The average molecular weight is 301 g/mol. The lowest BCUT2D eigenvalue weighted by Gasteiger charge is -2.17. The highest BCUT2D eigenvalue weighted by atomic mass is 19.4. The van der Waals surface area contributed by atoms with Gasteiger partial charge in [0.2, 0.25) is 0 Å². The Bertz CT molecular complexity index is 497. The number of ether oxygens (including phenoxy) is 1. The smallest absolute Gasteiger partial charge is 0.384 e. The van der Waals surface area contributed by atoms with Crippen LogP contribution in [0.15, 0.2) is 18.2 Å². The van der Waals surface area contributed by atoms with Gasteiger partial charge in [0.1, 0.15) is 0 Å². The van der Waals surface area contributed by atoms with E-state index in [0.717, 1.165) is 12.6 Å². The summed E-state index contributed by atoms with van der Waals surface area (Å²) in [5, 5.41) is 11.8. The number of nitrogens with one attached hydrogen (secondary N) is 1. The molecule has 0 saturated carbocycles. The van der Waals surface area contributed by atoms with Gasteiger partial charge in [0.25, 0.3) is 0 Å². The van der Waals surface area contributed by atoms with Crippen LogP contribution in [-0.4, -0.2) is 45.3 Å². The third kappa shape index (κ3) is 5.61. The van der Waals surface area contributed by atoms with E-state index in [2.05, 4.69) is 5.32 Å². The number of likely N-dealkylation sites (N-methyl/N-ethyl adjacent to an activating group) is 1. The van der Waals surface area contributed by atoms with Crippen molar-refractivity contribution in [2.75, 3.05) is 45.7 Å². The highest BCUT2D eigenvalue weighted by molar-refractivity contribution is 5.53. The normalized spacial score (nSPS) is 11.5. The zero-order chi connectivity index (χ0) is 15.9. The van der Waals surface area contributed by atoms with Crippen molar-refractivity contribution in [3.63, 3.8) is 0 Å². The summed E-state index contributed by atoms with van der Waals surface area (Å²) in [6, 6.07) is 5.06. The molecule has 4 nitrogen and oxygen atoms in total. The minimum atomic E-state index is -4.51. The van der Waals surface area contributed by atoms with Gasteiger partial charge in [-0.25, -0.2) is 0 Å². The van der Waals surface area contributed by atoms with E-state index in [1.807, 2.05) is 11.9 Å². The van der Waals surface area contributed by atoms with Gasteiger partial charge in [-0.3, -0.25) is 0 Å². The molecule has 0 radical (unpaired) electrons. The number of anilines is 1. The minimum Gasteiger partial charge on any atom is -0.384 e. The maximum atomic E-state index is 12.7. The molecule has 0 spiro atoms. The maximum Gasteiger partial charge on any atom is 0.417 e. The fourth-order valence-corrected chi connectivity index (χ4v) is 1.74. The number of benzene rings is 1. The Balaban J connectivity index is 2.60. The molecular formula is C14H18F3N3O. The summed E-state index contributed by atoms with van der Waals surface area (Å²) >= 11 is 0. The van der Waals surface area contributed by atoms with Crippen molar-refractivity contribution in [3.8, 4) is 6.07 Å². The first kappa shape index (κ1) is 17.3. The van der Waals surface area contributed by atoms with Crippen molar-refractivity contribution in [1.82, 2.24) is 4.90 Å². The van der Waals surface area contributed by atoms with Crippen LogP contribution < -0.4 is 5.32 Å². The minimum absolute atomic E-state index is 0.375. The largest absolute Gasteiger partial charge is 0.417 e. The molecule has 21 heavy (non-hydrogen) atoms. The number of alkyl halides is 3. The highest BCUT2D eigenvalue weighted by Gasteiger charge is 2.33. The van der Waals surface area contributed by atoms with E-state index in [9.17, 15) is 13.2 Å². The molecule has 1 N–H and O–H groups in total. The molecule has 116 valence electrons. The average Bonchev–Trinajstić information content (AvgIpc) is 2.43. The maximum absolute atomic E-state index is 12.7. The summed E-state index contributed by atoms with van der Waals surface area (Å²) < 4.78 is 42.9. The number of hydrogen-bond acceptors (Lipinski definition) is 4. The molecule has 0 amide bonds. The van der Waals surface area contributed by atoms with E-state index < -0.39 is 11.7 Å². The molecule has 0 fully saturated rings. The van der Waals surface area contributed by atoms with Gasteiger partial charge in [-0.1, -0.05) is 0 Å². The topological polar surface area (TPSA) is 48.3 Å². The summed E-state index contributed by atoms with van der Waals surface area (Å²) in [5.41, 5.74) is -0.785. The second kappa shape index (κ2) is 7.86. The number of hydrogen-bond donors (Lipinski definition) is 1. The van der Waals surface area contributed by atoms with Crippen LogP contribution in [0.3, 0.4) is 0 Å². The van der Waals surface area contributed by atoms with Crippen molar-refractivity contribution >= 4 is 5.69 Å². The van der Waals surface area contributed by atoms with Crippen LogP contribution in [0.1, 0.15) is 11.1 Å². The monoisotopic (exact) mass is 301 g/mol. The fourth-order valence-electron chi connectivity index (χ4n) is 1.74. The number of nitriles is 1. The van der Waals surface area contributed by atoms with Crippen LogP contribution in [-0.2, 0) is 10.9 Å². The molecule has 7 heteroatoms. The molecule has 1 aromatic rings. The Morgan fingerprint density at radius 3 is 2.62 bits per heavy atom. The van der Waals surface area contributed by atoms with E-state index in [1.165, 1.54) is 12.1 Å². The number of nitrogens with zero attached hydrogens (tertiary/aromatic N) is 2. The van der Waals surface area contributed by atoms with Crippen molar-refractivity contribution in [1.29, 1.82) is 5.26 Å².